The number of carboxylic acids is 1. The van der Waals surface area contributed by atoms with E-state index in [1.54, 1.807) is 6.07 Å². The number of aliphatic carboxylic acids is 1. The van der Waals surface area contributed by atoms with Gasteiger partial charge < -0.3 is 5.11 Å². The number of hydrogen-bond acceptors (Lipinski definition) is 1. The van der Waals surface area contributed by atoms with Crippen LogP contribution in [0.1, 0.15) is 5.56 Å². The molecule has 1 aromatic carbocycles. The van der Waals surface area contributed by atoms with Crippen molar-refractivity contribution in [3.8, 4) is 0 Å². The van der Waals surface area contributed by atoms with E-state index in [2.05, 4.69) is 79.6 Å². The van der Waals surface area contributed by atoms with Gasteiger partial charge in [0.05, 0.1) is 0 Å². The minimum atomic E-state index is -1.03. The Labute approximate surface area is 134 Å². The zero-order valence-electron chi connectivity index (χ0n) is 7.40. The number of carbonyl (C=O) groups is 1. The lowest BCUT2D eigenvalue weighted by atomic mass is 10.2. The number of carboxylic acid groups (broad SMARTS) is 1. The molecule has 16 heavy (non-hydrogen) atoms. The lowest BCUT2D eigenvalue weighted by molar-refractivity contribution is -0.131. The van der Waals surface area contributed by atoms with Crippen LogP contribution < -0.4 is 0 Å². The van der Waals surface area contributed by atoms with E-state index >= 15 is 0 Å². The molecule has 1 rings (SSSR count). The summed E-state index contributed by atoms with van der Waals surface area (Å²) in [5, 5.41) is 8.86. The predicted octanol–water partition coefficient (Wildman–Crippen LogP) is 5.52. The van der Waals surface area contributed by atoms with Gasteiger partial charge in [-0.2, -0.15) is 0 Å². The lowest BCUT2D eigenvalue weighted by Crippen LogP contribution is -1.96. The molecule has 2 nitrogen and oxygen atoms in total. The Morgan fingerprint density at radius 1 is 1.06 bits per heavy atom. The van der Waals surface area contributed by atoms with Gasteiger partial charge in [0, 0.05) is 23.5 Å². The average Bonchev–Trinajstić information content (AvgIpc) is 2.24. The van der Waals surface area contributed by atoms with Crippen LogP contribution in [0.3, 0.4) is 0 Å². The van der Waals surface area contributed by atoms with E-state index in [-0.39, 0.29) is 4.48 Å². The number of rotatable bonds is 2. The van der Waals surface area contributed by atoms with Crippen molar-refractivity contribution in [1.29, 1.82) is 0 Å². The largest absolute Gasteiger partial charge is 0.477 e. The quantitative estimate of drug-likeness (QED) is 0.395. The highest BCUT2D eigenvalue weighted by Gasteiger charge is 2.15. The summed E-state index contributed by atoms with van der Waals surface area (Å²) in [5.41, 5.74) is 0.740. The van der Waals surface area contributed by atoms with Crippen molar-refractivity contribution >= 4 is 90.1 Å². The second kappa shape index (κ2) is 6.13. The fourth-order valence-corrected chi connectivity index (χ4v) is 3.37. The van der Waals surface area contributed by atoms with Crippen LogP contribution in [0.5, 0.6) is 0 Å². The van der Waals surface area contributed by atoms with Crippen LogP contribution in [-0.4, -0.2) is 11.1 Å². The van der Waals surface area contributed by atoms with Gasteiger partial charge in [0.2, 0.25) is 0 Å². The Hall–Kier alpha value is 0.830. The third-order valence-corrected chi connectivity index (χ3v) is 7.12. The minimum Gasteiger partial charge on any atom is -0.477 e. The molecule has 0 aliphatic rings. The molecule has 0 amide bonds. The van der Waals surface area contributed by atoms with Crippen LogP contribution in [-0.2, 0) is 4.79 Å². The molecule has 0 fully saturated rings. The van der Waals surface area contributed by atoms with E-state index in [9.17, 15) is 4.79 Å². The molecule has 0 spiro atoms. The molecule has 0 saturated carbocycles. The highest BCUT2D eigenvalue weighted by Crippen LogP contribution is 2.40. The first kappa shape index (κ1) is 14.9. The number of benzene rings is 1. The normalized spacial score (nSPS) is 12.3. The van der Waals surface area contributed by atoms with Crippen LogP contribution in [0.25, 0.3) is 4.48 Å². The van der Waals surface area contributed by atoms with Crippen molar-refractivity contribution in [3.05, 3.63) is 35.6 Å². The molecule has 0 saturated heterocycles. The topological polar surface area (TPSA) is 37.3 Å². The maximum absolute atomic E-state index is 10.8. The number of halogens is 5. The Balaban J connectivity index is 3.42. The SMILES string of the molecule is O=C(O)C(Br)=C(Br)c1ccc(Br)c(Br)c1Br. The highest BCUT2D eigenvalue weighted by atomic mass is 79.9. The molecular formula is C9H3Br5O2. The van der Waals surface area contributed by atoms with Crippen molar-refractivity contribution in [2.75, 3.05) is 0 Å². The minimum absolute atomic E-state index is 0.0717. The van der Waals surface area contributed by atoms with Crippen LogP contribution >= 0.6 is 79.6 Å². The molecule has 7 heteroatoms. The Morgan fingerprint density at radius 3 is 2.12 bits per heavy atom. The van der Waals surface area contributed by atoms with E-state index in [4.69, 9.17) is 5.11 Å². The third-order valence-electron chi connectivity index (χ3n) is 1.65. The van der Waals surface area contributed by atoms with Gasteiger partial charge in [-0.1, -0.05) is 6.07 Å². The summed E-state index contributed by atoms with van der Waals surface area (Å²) in [5.74, 6) is -1.03. The zero-order valence-corrected chi connectivity index (χ0v) is 15.3. The Bertz CT molecular complexity index is 481. The van der Waals surface area contributed by atoms with Gasteiger partial charge in [0.15, 0.2) is 0 Å². The lowest BCUT2D eigenvalue weighted by Gasteiger charge is -2.08. The molecule has 0 aliphatic heterocycles. The first-order valence-corrected chi connectivity index (χ1v) is 7.75. The molecule has 1 aromatic rings. The molecule has 0 bridgehead atoms. The Kier molecular flexibility index (Phi) is 5.71. The van der Waals surface area contributed by atoms with Crippen LogP contribution in [0, 0.1) is 0 Å². The van der Waals surface area contributed by atoms with Gasteiger partial charge in [-0.25, -0.2) is 4.79 Å². The molecule has 0 heterocycles. The Morgan fingerprint density at radius 2 is 1.62 bits per heavy atom. The maximum Gasteiger partial charge on any atom is 0.343 e. The first-order valence-electron chi connectivity index (χ1n) is 3.78. The first-order chi connectivity index (χ1) is 7.36. The van der Waals surface area contributed by atoms with Gasteiger partial charge in [0.1, 0.15) is 4.48 Å². The van der Waals surface area contributed by atoms with Gasteiger partial charge in [-0.05, 0) is 85.7 Å². The van der Waals surface area contributed by atoms with Crippen molar-refractivity contribution in [3.63, 3.8) is 0 Å². The standard InChI is InChI=1S/C9H3Br5O2/c10-4-2-1-3(5(11)7(4)13)6(12)8(14)9(15)16/h1-2H,(H,15,16). The molecular weight excluding hydrogens is 540 g/mol. The van der Waals surface area contributed by atoms with E-state index < -0.39 is 5.97 Å². The van der Waals surface area contributed by atoms with Gasteiger partial charge >= 0.3 is 5.97 Å². The fraction of sp³-hybridized carbons (Fsp3) is 0. The van der Waals surface area contributed by atoms with Gasteiger partial charge in [-0.3, -0.25) is 0 Å². The second-order valence-corrected chi connectivity index (χ2v) is 6.68. The molecule has 86 valence electrons. The summed E-state index contributed by atoms with van der Waals surface area (Å²) in [4.78, 5) is 10.8. The van der Waals surface area contributed by atoms with Crippen molar-refractivity contribution in [2.24, 2.45) is 0 Å². The molecule has 0 aromatic heterocycles. The van der Waals surface area contributed by atoms with Crippen molar-refractivity contribution < 1.29 is 9.90 Å². The van der Waals surface area contributed by atoms with Crippen molar-refractivity contribution in [2.45, 2.75) is 0 Å². The molecule has 0 radical (unpaired) electrons. The van der Waals surface area contributed by atoms with Crippen LogP contribution in [0.4, 0.5) is 0 Å². The van der Waals surface area contributed by atoms with Crippen LogP contribution in [0.2, 0.25) is 0 Å². The summed E-state index contributed by atoms with van der Waals surface area (Å²) in [6.45, 7) is 0. The number of hydrogen-bond donors (Lipinski definition) is 1. The average molecular weight is 543 g/mol. The molecule has 0 unspecified atom stereocenters. The smallest absolute Gasteiger partial charge is 0.343 e. The highest BCUT2D eigenvalue weighted by molar-refractivity contribution is 9.17. The van der Waals surface area contributed by atoms with E-state index in [1.807, 2.05) is 6.07 Å². The molecule has 0 aliphatic carbocycles. The van der Waals surface area contributed by atoms with Crippen LogP contribution in [0.15, 0.2) is 30.0 Å². The predicted molar refractivity (Wildman–Crippen MR) is 82.0 cm³/mol. The van der Waals surface area contributed by atoms with E-state index in [0.717, 1.165) is 19.0 Å². The van der Waals surface area contributed by atoms with E-state index in [1.165, 1.54) is 0 Å². The summed E-state index contributed by atoms with van der Waals surface area (Å²) in [6.07, 6.45) is 0. The third kappa shape index (κ3) is 3.19. The second-order valence-electron chi connectivity index (χ2n) is 2.66. The molecule has 0 atom stereocenters. The summed E-state index contributed by atoms with van der Waals surface area (Å²) >= 11 is 16.4. The van der Waals surface area contributed by atoms with Gasteiger partial charge in [0.25, 0.3) is 0 Å². The summed E-state index contributed by atoms with van der Waals surface area (Å²) < 4.78 is 3.02. The monoisotopic (exact) mass is 538 g/mol. The van der Waals surface area contributed by atoms with E-state index in [0.29, 0.717) is 4.48 Å². The zero-order chi connectivity index (χ0) is 12.5. The summed E-state index contributed by atoms with van der Waals surface area (Å²) in [6, 6.07) is 3.63. The fourth-order valence-electron chi connectivity index (χ4n) is 0.908. The maximum atomic E-state index is 10.8. The van der Waals surface area contributed by atoms with Gasteiger partial charge in [-0.15, -0.1) is 0 Å². The summed E-state index contributed by atoms with van der Waals surface area (Å²) in [7, 11) is 0. The van der Waals surface area contributed by atoms with Crippen molar-refractivity contribution in [1.82, 2.24) is 0 Å². The molecule has 1 N–H and O–H groups in total.